The standard InChI is InChI=1S/C16H17N/c1-3-17-15-9-5-4-8-13(15)14-11-12(2)7-6-10-16(14)17/h4-5,7-11H,3,6H2,1-2H3. The number of hydrogen-bond acceptors (Lipinski definition) is 0. The highest BCUT2D eigenvalue weighted by molar-refractivity contribution is 5.83. The zero-order valence-electron chi connectivity index (χ0n) is 10.4. The maximum atomic E-state index is 2.41. The van der Waals surface area contributed by atoms with Crippen molar-refractivity contribution in [2.45, 2.75) is 26.8 Å². The van der Waals surface area contributed by atoms with Gasteiger partial charge in [0.05, 0.1) is 0 Å². The van der Waals surface area contributed by atoms with Crippen LogP contribution in [0.5, 0.6) is 0 Å². The average molecular weight is 223 g/mol. The number of para-hydroxylation sites is 1. The first kappa shape index (κ1) is 10.4. The third kappa shape index (κ3) is 1.54. The monoisotopic (exact) mass is 223 g/mol. The van der Waals surface area contributed by atoms with Crippen LogP contribution in [0.25, 0.3) is 23.1 Å². The summed E-state index contributed by atoms with van der Waals surface area (Å²) in [5, 5.41) is 4.13. The molecule has 0 amide bonds. The lowest BCUT2D eigenvalue weighted by atomic mass is 10.2. The topological polar surface area (TPSA) is 4.93 Å². The van der Waals surface area contributed by atoms with Gasteiger partial charge in [0, 0.05) is 28.0 Å². The van der Waals surface area contributed by atoms with Crippen molar-refractivity contribution < 1.29 is 0 Å². The summed E-state index contributed by atoms with van der Waals surface area (Å²) in [5.41, 5.74) is 2.71. The number of aryl methyl sites for hydroxylation is 1. The first-order chi connectivity index (χ1) is 8.31. The fraction of sp³-hybridized carbons (Fsp3) is 0.250. The van der Waals surface area contributed by atoms with Gasteiger partial charge in [-0.2, -0.15) is 0 Å². The van der Waals surface area contributed by atoms with Crippen LogP contribution < -0.4 is 10.6 Å². The highest BCUT2D eigenvalue weighted by atomic mass is 15.0. The van der Waals surface area contributed by atoms with Crippen LogP contribution in [-0.2, 0) is 6.54 Å². The molecule has 0 fully saturated rings. The van der Waals surface area contributed by atoms with Crippen LogP contribution in [0.2, 0.25) is 0 Å². The molecular formula is C16H17N. The van der Waals surface area contributed by atoms with E-state index in [0.29, 0.717) is 0 Å². The summed E-state index contributed by atoms with van der Waals surface area (Å²) in [7, 11) is 0. The summed E-state index contributed by atoms with van der Waals surface area (Å²) in [4.78, 5) is 0. The van der Waals surface area contributed by atoms with Crippen LogP contribution in [0.4, 0.5) is 0 Å². The smallest absolute Gasteiger partial charge is 0.0491 e. The number of nitrogens with zero attached hydrogens (tertiary/aromatic N) is 1. The Labute approximate surface area is 101 Å². The van der Waals surface area contributed by atoms with Crippen LogP contribution in [0.1, 0.15) is 20.3 Å². The van der Waals surface area contributed by atoms with Gasteiger partial charge in [0.1, 0.15) is 0 Å². The van der Waals surface area contributed by atoms with E-state index in [4.69, 9.17) is 0 Å². The van der Waals surface area contributed by atoms with Crippen molar-refractivity contribution in [2.75, 3.05) is 0 Å². The van der Waals surface area contributed by atoms with Crippen molar-refractivity contribution in [3.8, 4) is 0 Å². The number of aromatic nitrogens is 1. The number of fused-ring (bicyclic) bond motifs is 3. The van der Waals surface area contributed by atoms with E-state index in [9.17, 15) is 0 Å². The molecule has 0 saturated carbocycles. The van der Waals surface area contributed by atoms with E-state index in [0.717, 1.165) is 13.0 Å². The largest absolute Gasteiger partial charge is 0.341 e. The van der Waals surface area contributed by atoms with Crippen LogP contribution in [0, 0.1) is 0 Å². The van der Waals surface area contributed by atoms with Crippen LogP contribution in [0.15, 0.2) is 35.9 Å². The lowest BCUT2D eigenvalue weighted by Crippen LogP contribution is -2.28. The van der Waals surface area contributed by atoms with Gasteiger partial charge in [0.2, 0.25) is 0 Å². The van der Waals surface area contributed by atoms with Gasteiger partial charge in [0.25, 0.3) is 0 Å². The van der Waals surface area contributed by atoms with E-state index in [1.165, 1.54) is 27.0 Å². The molecule has 2 aromatic rings. The van der Waals surface area contributed by atoms with E-state index >= 15 is 0 Å². The molecule has 1 aromatic carbocycles. The molecule has 17 heavy (non-hydrogen) atoms. The zero-order valence-corrected chi connectivity index (χ0v) is 10.4. The predicted molar refractivity (Wildman–Crippen MR) is 74.2 cm³/mol. The van der Waals surface area contributed by atoms with Crippen LogP contribution in [0.3, 0.4) is 0 Å². The Kier molecular flexibility index (Phi) is 2.40. The second-order valence-corrected chi connectivity index (χ2v) is 4.59. The SMILES string of the molecule is CCn1c2c(c3ccccc31)=CC(C)=CCC=2. The molecule has 1 aliphatic carbocycles. The normalized spacial score (nSPS) is 14.6. The molecule has 1 nitrogen and oxygen atoms in total. The predicted octanol–water partition coefficient (Wildman–Crippen LogP) is 2.57. The first-order valence-electron chi connectivity index (χ1n) is 6.27. The van der Waals surface area contributed by atoms with Gasteiger partial charge in [-0.05, 0) is 32.4 Å². The summed E-state index contributed by atoms with van der Waals surface area (Å²) in [6.07, 6.45) is 7.97. The molecule has 0 atom stereocenters. The summed E-state index contributed by atoms with van der Waals surface area (Å²) >= 11 is 0. The van der Waals surface area contributed by atoms with Crippen molar-refractivity contribution in [3.63, 3.8) is 0 Å². The zero-order chi connectivity index (χ0) is 11.8. The number of allylic oxidation sites excluding steroid dienone is 2. The molecule has 0 bridgehead atoms. The van der Waals surface area contributed by atoms with E-state index in [-0.39, 0.29) is 0 Å². The highest BCUT2D eigenvalue weighted by Gasteiger charge is 2.06. The van der Waals surface area contributed by atoms with Gasteiger partial charge in [-0.1, -0.05) is 35.9 Å². The van der Waals surface area contributed by atoms with Gasteiger partial charge >= 0.3 is 0 Å². The Morgan fingerprint density at radius 1 is 1.18 bits per heavy atom. The Bertz CT molecular complexity index is 714. The lowest BCUT2D eigenvalue weighted by molar-refractivity contribution is 0.770. The molecule has 0 unspecified atom stereocenters. The summed E-state index contributed by atoms with van der Waals surface area (Å²) < 4.78 is 2.41. The second-order valence-electron chi connectivity index (χ2n) is 4.59. The Hall–Kier alpha value is -1.76. The van der Waals surface area contributed by atoms with Crippen molar-refractivity contribution >= 4 is 23.1 Å². The van der Waals surface area contributed by atoms with Gasteiger partial charge in [-0.15, -0.1) is 0 Å². The minimum atomic E-state index is 1.03. The maximum Gasteiger partial charge on any atom is 0.0491 e. The van der Waals surface area contributed by atoms with E-state index in [2.05, 4.69) is 60.9 Å². The van der Waals surface area contributed by atoms with Crippen LogP contribution >= 0.6 is 0 Å². The molecule has 1 heterocycles. The third-order valence-electron chi connectivity index (χ3n) is 3.49. The molecule has 1 heteroatoms. The minimum absolute atomic E-state index is 1.03. The molecule has 0 N–H and O–H groups in total. The molecule has 86 valence electrons. The second kappa shape index (κ2) is 3.92. The quantitative estimate of drug-likeness (QED) is 0.700. The lowest BCUT2D eigenvalue weighted by Gasteiger charge is -2.00. The minimum Gasteiger partial charge on any atom is -0.341 e. The maximum absolute atomic E-state index is 2.41. The molecule has 0 spiro atoms. The summed E-state index contributed by atoms with van der Waals surface area (Å²) in [6, 6.07) is 8.69. The molecule has 0 saturated heterocycles. The molecule has 0 radical (unpaired) electrons. The Balaban J connectivity index is 2.57. The van der Waals surface area contributed by atoms with E-state index < -0.39 is 0 Å². The van der Waals surface area contributed by atoms with Crippen LogP contribution in [-0.4, -0.2) is 4.57 Å². The van der Waals surface area contributed by atoms with Gasteiger partial charge in [0.15, 0.2) is 0 Å². The first-order valence-corrected chi connectivity index (χ1v) is 6.27. The van der Waals surface area contributed by atoms with E-state index in [1.807, 2.05) is 0 Å². The molecule has 1 aromatic heterocycles. The van der Waals surface area contributed by atoms with Crippen molar-refractivity contribution in [1.29, 1.82) is 0 Å². The Morgan fingerprint density at radius 3 is 2.82 bits per heavy atom. The molecule has 1 aliphatic rings. The van der Waals surface area contributed by atoms with Crippen molar-refractivity contribution in [1.82, 2.24) is 4.57 Å². The third-order valence-corrected chi connectivity index (χ3v) is 3.49. The van der Waals surface area contributed by atoms with E-state index in [1.54, 1.807) is 0 Å². The number of benzene rings is 1. The summed E-state index contributed by atoms with van der Waals surface area (Å²) in [5.74, 6) is 0. The summed E-state index contributed by atoms with van der Waals surface area (Å²) in [6.45, 7) is 5.42. The average Bonchev–Trinajstić information content (AvgIpc) is 2.50. The van der Waals surface area contributed by atoms with Gasteiger partial charge in [-0.25, -0.2) is 0 Å². The fourth-order valence-electron chi connectivity index (χ4n) is 2.71. The van der Waals surface area contributed by atoms with Crippen molar-refractivity contribution in [3.05, 3.63) is 46.5 Å². The molecular weight excluding hydrogens is 206 g/mol. The molecule has 3 rings (SSSR count). The fourth-order valence-corrected chi connectivity index (χ4v) is 2.71. The van der Waals surface area contributed by atoms with Crippen molar-refractivity contribution in [2.24, 2.45) is 0 Å². The number of hydrogen-bond donors (Lipinski definition) is 0. The molecule has 0 aliphatic heterocycles. The van der Waals surface area contributed by atoms with Gasteiger partial charge in [-0.3, -0.25) is 0 Å². The highest BCUT2D eigenvalue weighted by Crippen LogP contribution is 2.10. The van der Waals surface area contributed by atoms with Gasteiger partial charge < -0.3 is 4.57 Å². The number of rotatable bonds is 1. The Morgan fingerprint density at radius 2 is 2.00 bits per heavy atom.